The van der Waals surface area contributed by atoms with Crippen molar-refractivity contribution in [2.24, 2.45) is 5.41 Å². The molecule has 1 aliphatic carbocycles. The van der Waals surface area contributed by atoms with Crippen LogP contribution < -0.4 is 10.6 Å². The van der Waals surface area contributed by atoms with Gasteiger partial charge in [0.1, 0.15) is 0 Å². The molecule has 0 spiro atoms. The van der Waals surface area contributed by atoms with E-state index in [0.717, 1.165) is 12.8 Å². The van der Waals surface area contributed by atoms with Crippen LogP contribution in [-0.4, -0.2) is 23.7 Å². The van der Waals surface area contributed by atoms with Crippen molar-refractivity contribution in [3.63, 3.8) is 0 Å². The zero-order chi connectivity index (χ0) is 14.0. The summed E-state index contributed by atoms with van der Waals surface area (Å²) in [6.07, 6.45) is 2.23. The van der Waals surface area contributed by atoms with Crippen LogP contribution in [0.3, 0.4) is 0 Å². The first-order valence-corrected chi connectivity index (χ1v) is 6.77. The number of urea groups is 1. The number of rotatable bonds is 4. The van der Waals surface area contributed by atoms with Crippen molar-refractivity contribution in [1.29, 1.82) is 0 Å². The minimum absolute atomic E-state index is 0.0657. The molecule has 0 unspecified atom stereocenters. The summed E-state index contributed by atoms with van der Waals surface area (Å²) in [5.74, 6) is -1.07. The number of carbonyl (C=O) groups is 2. The van der Waals surface area contributed by atoms with Crippen LogP contribution in [-0.2, 0) is 0 Å². The summed E-state index contributed by atoms with van der Waals surface area (Å²) in [7, 11) is 0. The number of anilines is 1. The smallest absolute Gasteiger partial charge is 0.337 e. The second-order valence-electron chi connectivity index (χ2n) is 5.11. The monoisotopic (exact) mass is 326 g/mol. The Morgan fingerprint density at radius 1 is 1.42 bits per heavy atom. The molecular formula is C13H15BrN2O3. The van der Waals surface area contributed by atoms with E-state index >= 15 is 0 Å². The molecule has 1 aromatic carbocycles. The lowest BCUT2D eigenvalue weighted by molar-refractivity contribution is 0.0698. The van der Waals surface area contributed by atoms with Crippen molar-refractivity contribution in [3.05, 3.63) is 28.2 Å². The van der Waals surface area contributed by atoms with Crippen LogP contribution in [0.15, 0.2) is 22.7 Å². The molecule has 3 N–H and O–H groups in total. The average Bonchev–Trinajstić information content (AvgIpc) is 3.05. The fourth-order valence-corrected chi connectivity index (χ4v) is 2.02. The highest BCUT2D eigenvalue weighted by Gasteiger charge is 2.37. The quantitative estimate of drug-likeness (QED) is 0.795. The Kier molecular flexibility index (Phi) is 3.80. The van der Waals surface area contributed by atoms with Crippen molar-refractivity contribution >= 4 is 33.6 Å². The topological polar surface area (TPSA) is 78.4 Å². The molecule has 0 atom stereocenters. The van der Waals surface area contributed by atoms with Gasteiger partial charge in [-0.3, -0.25) is 0 Å². The molecule has 6 heteroatoms. The number of carbonyl (C=O) groups excluding carboxylic acids is 1. The Morgan fingerprint density at radius 2 is 2.11 bits per heavy atom. The maximum Gasteiger partial charge on any atom is 0.337 e. The van der Waals surface area contributed by atoms with Gasteiger partial charge in [-0.25, -0.2) is 9.59 Å². The van der Waals surface area contributed by atoms with Crippen LogP contribution in [0.4, 0.5) is 10.5 Å². The van der Waals surface area contributed by atoms with Crippen molar-refractivity contribution in [2.45, 2.75) is 19.8 Å². The molecule has 5 nitrogen and oxygen atoms in total. The van der Waals surface area contributed by atoms with Crippen LogP contribution >= 0.6 is 15.9 Å². The second kappa shape index (κ2) is 5.21. The van der Waals surface area contributed by atoms with Gasteiger partial charge in [-0.15, -0.1) is 0 Å². The maximum absolute atomic E-state index is 11.7. The van der Waals surface area contributed by atoms with Crippen LogP contribution in [0, 0.1) is 5.41 Å². The van der Waals surface area contributed by atoms with Crippen LogP contribution in [0.25, 0.3) is 0 Å². The standard InChI is InChI=1S/C13H15BrN2O3/c1-13(4-5-13)7-15-12(19)16-10-6-8(14)2-3-9(10)11(17)18/h2-3,6H,4-5,7H2,1H3,(H,17,18)(H2,15,16,19). The zero-order valence-electron chi connectivity index (χ0n) is 10.5. The van der Waals surface area contributed by atoms with Crippen LogP contribution in [0.5, 0.6) is 0 Å². The third-order valence-electron chi connectivity index (χ3n) is 3.24. The fourth-order valence-electron chi connectivity index (χ4n) is 1.66. The van der Waals surface area contributed by atoms with Crippen LogP contribution in [0.2, 0.25) is 0 Å². The van der Waals surface area contributed by atoms with Gasteiger partial charge in [0.15, 0.2) is 0 Å². The van der Waals surface area contributed by atoms with Gasteiger partial charge >= 0.3 is 12.0 Å². The Hall–Kier alpha value is -1.56. The number of aromatic carboxylic acids is 1. The molecule has 1 aliphatic rings. The molecular weight excluding hydrogens is 312 g/mol. The molecule has 0 radical (unpaired) electrons. The minimum Gasteiger partial charge on any atom is -0.478 e. The average molecular weight is 327 g/mol. The minimum atomic E-state index is -1.07. The summed E-state index contributed by atoms with van der Waals surface area (Å²) in [6, 6.07) is 4.26. The molecule has 102 valence electrons. The molecule has 0 aliphatic heterocycles. The molecule has 2 rings (SSSR count). The van der Waals surface area contributed by atoms with Gasteiger partial charge < -0.3 is 15.7 Å². The number of halogens is 1. The Labute approximate surface area is 119 Å². The lowest BCUT2D eigenvalue weighted by Crippen LogP contribution is -2.33. The van der Waals surface area contributed by atoms with Crippen molar-refractivity contribution in [1.82, 2.24) is 5.32 Å². The van der Waals surface area contributed by atoms with Gasteiger partial charge in [0, 0.05) is 11.0 Å². The highest BCUT2D eigenvalue weighted by atomic mass is 79.9. The zero-order valence-corrected chi connectivity index (χ0v) is 12.1. The summed E-state index contributed by atoms with van der Waals surface area (Å²) in [5.41, 5.74) is 0.556. The summed E-state index contributed by atoms with van der Waals surface area (Å²) in [5, 5.41) is 14.4. The summed E-state index contributed by atoms with van der Waals surface area (Å²) in [6.45, 7) is 2.71. The highest BCUT2D eigenvalue weighted by Crippen LogP contribution is 2.44. The summed E-state index contributed by atoms with van der Waals surface area (Å²) < 4.78 is 0.710. The first-order chi connectivity index (χ1) is 8.89. The first-order valence-electron chi connectivity index (χ1n) is 5.97. The van der Waals surface area contributed by atoms with Crippen LogP contribution in [0.1, 0.15) is 30.1 Å². The van der Waals surface area contributed by atoms with Crippen molar-refractivity contribution < 1.29 is 14.7 Å². The maximum atomic E-state index is 11.7. The van der Waals surface area contributed by atoms with E-state index in [4.69, 9.17) is 5.11 Å². The predicted molar refractivity (Wildman–Crippen MR) is 75.5 cm³/mol. The summed E-state index contributed by atoms with van der Waals surface area (Å²) in [4.78, 5) is 22.8. The largest absolute Gasteiger partial charge is 0.478 e. The molecule has 0 aromatic heterocycles. The fraction of sp³-hybridized carbons (Fsp3) is 0.385. The van der Waals surface area contributed by atoms with E-state index in [0.29, 0.717) is 11.0 Å². The van der Waals surface area contributed by atoms with Gasteiger partial charge in [-0.2, -0.15) is 0 Å². The second-order valence-corrected chi connectivity index (χ2v) is 6.03. The number of carboxylic acid groups (broad SMARTS) is 1. The van der Waals surface area contributed by atoms with E-state index in [1.165, 1.54) is 6.07 Å². The van der Waals surface area contributed by atoms with E-state index in [-0.39, 0.29) is 22.7 Å². The normalized spacial score (nSPS) is 15.7. The van der Waals surface area contributed by atoms with E-state index in [2.05, 4.69) is 33.5 Å². The van der Waals surface area contributed by atoms with Gasteiger partial charge in [-0.1, -0.05) is 22.9 Å². The van der Waals surface area contributed by atoms with E-state index in [9.17, 15) is 9.59 Å². The number of nitrogens with one attached hydrogen (secondary N) is 2. The third kappa shape index (κ3) is 3.70. The lowest BCUT2D eigenvalue weighted by Gasteiger charge is -2.13. The number of hydrogen-bond acceptors (Lipinski definition) is 2. The summed E-state index contributed by atoms with van der Waals surface area (Å²) >= 11 is 3.25. The molecule has 1 aromatic rings. The van der Waals surface area contributed by atoms with Gasteiger partial charge in [0.2, 0.25) is 0 Å². The Morgan fingerprint density at radius 3 is 2.68 bits per heavy atom. The van der Waals surface area contributed by atoms with E-state index in [1.54, 1.807) is 12.1 Å². The van der Waals surface area contributed by atoms with Crippen molar-refractivity contribution in [3.8, 4) is 0 Å². The number of benzene rings is 1. The molecule has 0 saturated heterocycles. The SMILES string of the molecule is CC1(CNC(=O)Nc2cc(Br)ccc2C(=O)O)CC1. The molecule has 0 heterocycles. The van der Waals surface area contributed by atoms with Crippen molar-refractivity contribution in [2.75, 3.05) is 11.9 Å². The first kappa shape index (κ1) is 13.9. The van der Waals surface area contributed by atoms with E-state index < -0.39 is 5.97 Å². The lowest BCUT2D eigenvalue weighted by atomic mass is 10.1. The molecule has 2 amide bonds. The Balaban J connectivity index is 2.02. The third-order valence-corrected chi connectivity index (χ3v) is 3.73. The number of hydrogen-bond donors (Lipinski definition) is 3. The molecule has 1 saturated carbocycles. The molecule has 1 fully saturated rings. The van der Waals surface area contributed by atoms with Gasteiger partial charge in [0.05, 0.1) is 11.3 Å². The van der Waals surface area contributed by atoms with Gasteiger partial charge in [-0.05, 0) is 36.5 Å². The predicted octanol–water partition coefficient (Wildman–Crippen LogP) is 3.07. The number of carboxylic acids is 1. The molecule has 19 heavy (non-hydrogen) atoms. The van der Waals surface area contributed by atoms with Gasteiger partial charge in [0.25, 0.3) is 0 Å². The highest BCUT2D eigenvalue weighted by molar-refractivity contribution is 9.10. The molecule has 0 bridgehead atoms. The van der Waals surface area contributed by atoms with E-state index in [1.807, 2.05) is 0 Å². The Bertz CT molecular complexity index is 527. The number of amides is 2.